The molecule has 1 unspecified atom stereocenters. The smallest absolute Gasteiger partial charge is 0.254 e. The van der Waals surface area contributed by atoms with Gasteiger partial charge in [-0.3, -0.25) is 9.78 Å². The maximum atomic E-state index is 13.1. The SMILES string of the molecule is O=C(c1cccc(Oc2cnccn2)c1)N1CCCC1CN1CCCC1. The Labute approximate surface area is 153 Å². The molecule has 6 heteroatoms. The van der Waals surface area contributed by atoms with Crippen LogP contribution in [-0.2, 0) is 0 Å². The van der Waals surface area contributed by atoms with E-state index in [0.717, 1.165) is 25.9 Å². The summed E-state index contributed by atoms with van der Waals surface area (Å²) in [6, 6.07) is 7.66. The second-order valence-corrected chi connectivity index (χ2v) is 6.98. The zero-order valence-electron chi connectivity index (χ0n) is 14.9. The highest BCUT2D eigenvalue weighted by atomic mass is 16.5. The predicted molar refractivity (Wildman–Crippen MR) is 98.3 cm³/mol. The molecule has 0 spiro atoms. The summed E-state index contributed by atoms with van der Waals surface area (Å²) in [7, 11) is 0. The van der Waals surface area contributed by atoms with Crippen molar-refractivity contribution >= 4 is 5.91 Å². The van der Waals surface area contributed by atoms with Crippen LogP contribution in [0.4, 0.5) is 0 Å². The van der Waals surface area contributed by atoms with Gasteiger partial charge in [-0.15, -0.1) is 0 Å². The lowest BCUT2D eigenvalue weighted by Gasteiger charge is -2.28. The van der Waals surface area contributed by atoms with Gasteiger partial charge in [0, 0.05) is 37.1 Å². The Morgan fingerprint density at radius 1 is 1.15 bits per heavy atom. The maximum Gasteiger partial charge on any atom is 0.254 e. The molecule has 26 heavy (non-hydrogen) atoms. The summed E-state index contributed by atoms with van der Waals surface area (Å²) in [5, 5.41) is 0. The largest absolute Gasteiger partial charge is 0.437 e. The molecule has 2 aromatic rings. The van der Waals surface area contributed by atoms with Gasteiger partial charge >= 0.3 is 0 Å². The van der Waals surface area contributed by atoms with Crippen LogP contribution < -0.4 is 4.74 Å². The molecule has 136 valence electrons. The van der Waals surface area contributed by atoms with Crippen LogP contribution in [0.15, 0.2) is 42.9 Å². The zero-order valence-corrected chi connectivity index (χ0v) is 14.9. The molecule has 2 aliphatic rings. The summed E-state index contributed by atoms with van der Waals surface area (Å²) in [4.78, 5) is 25.7. The van der Waals surface area contributed by atoms with Gasteiger partial charge in [0.15, 0.2) is 0 Å². The quantitative estimate of drug-likeness (QED) is 0.828. The first kappa shape index (κ1) is 17.0. The summed E-state index contributed by atoms with van der Waals surface area (Å²) >= 11 is 0. The summed E-state index contributed by atoms with van der Waals surface area (Å²) in [5.74, 6) is 1.12. The van der Waals surface area contributed by atoms with Gasteiger partial charge in [0.1, 0.15) is 5.75 Å². The summed E-state index contributed by atoms with van der Waals surface area (Å²) in [6.07, 6.45) is 9.47. The molecular weight excluding hydrogens is 328 g/mol. The predicted octanol–water partition coefficient (Wildman–Crippen LogP) is 2.97. The second-order valence-electron chi connectivity index (χ2n) is 6.98. The number of carbonyl (C=O) groups excluding carboxylic acids is 1. The Kier molecular flexibility index (Phi) is 5.11. The van der Waals surface area contributed by atoms with Crippen molar-refractivity contribution in [3.8, 4) is 11.6 Å². The molecule has 1 aromatic heterocycles. The van der Waals surface area contributed by atoms with Crippen LogP contribution in [0.5, 0.6) is 11.6 Å². The number of likely N-dealkylation sites (tertiary alicyclic amines) is 2. The van der Waals surface area contributed by atoms with Gasteiger partial charge in [-0.2, -0.15) is 0 Å². The molecule has 2 aliphatic heterocycles. The van der Waals surface area contributed by atoms with Gasteiger partial charge in [-0.05, 0) is 57.0 Å². The van der Waals surface area contributed by atoms with Crippen molar-refractivity contribution in [2.24, 2.45) is 0 Å². The standard InChI is InChI=1S/C20H24N4O2/c25-20(24-12-4-6-17(24)15-23-10-1-2-11-23)16-5-3-7-18(13-16)26-19-14-21-8-9-22-19/h3,5,7-9,13-14,17H,1-2,4,6,10-12,15H2. The van der Waals surface area contributed by atoms with Gasteiger partial charge in [0.25, 0.3) is 5.91 Å². The fourth-order valence-corrected chi connectivity index (χ4v) is 3.87. The molecule has 6 nitrogen and oxygen atoms in total. The number of amides is 1. The van der Waals surface area contributed by atoms with E-state index in [-0.39, 0.29) is 5.91 Å². The lowest BCUT2D eigenvalue weighted by atomic mass is 10.1. The van der Waals surface area contributed by atoms with E-state index >= 15 is 0 Å². The summed E-state index contributed by atoms with van der Waals surface area (Å²) in [6.45, 7) is 4.17. The first-order valence-corrected chi connectivity index (χ1v) is 9.37. The van der Waals surface area contributed by atoms with Crippen molar-refractivity contribution in [3.05, 3.63) is 48.4 Å². The van der Waals surface area contributed by atoms with Crippen molar-refractivity contribution in [1.82, 2.24) is 19.8 Å². The minimum atomic E-state index is 0.0938. The van der Waals surface area contributed by atoms with Gasteiger partial charge in [0.05, 0.1) is 6.20 Å². The average molecular weight is 352 g/mol. The second kappa shape index (κ2) is 7.83. The molecular formula is C20H24N4O2. The third-order valence-corrected chi connectivity index (χ3v) is 5.15. The Bertz CT molecular complexity index is 746. The van der Waals surface area contributed by atoms with Crippen molar-refractivity contribution in [1.29, 1.82) is 0 Å². The Morgan fingerprint density at radius 3 is 2.85 bits per heavy atom. The number of nitrogens with zero attached hydrogens (tertiary/aromatic N) is 4. The molecule has 2 fully saturated rings. The number of rotatable bonds is 5. The minimum Gasteiger partial charge on any atom is -0.437 e. The van der Waals surface area contributed by atoms with E-state index in [1.54, 1.807) is 24.7 Å². The average Bonchev–Trinajstić information content (AvgIpc) is 3.35. The first-order valence-electron chi connectivity index (χ1n) is 9.37. The normalized spacial score (nSPS) is 20.5. The highest BCUT2D eigenvalue weighted by molar-refractivity contribution is 5.95. The monoisotopic (exact) mass is 352 g/mol. The Morgan fingerprint density at radius 2 is 2.04 bits per heavy atom. The number of benzene rings is 1. The molecule has 0 bridgehead atoms. The van der Waals surface area contributed by atoms with Crippen LogP contribution >= 0.6 is 0 Å². The molecule has 1 amide bonds. The lowest BCUT2D eigenvalue weighted by Crippen LogP contribution is -2.42. The molecule has 1 atom stereocenters. The first-order chi connectivity index (χ1) is 12.8. The molecule has 0 radical (unpaired) electrons. The molecule has 3 heterocycles. The number of aromatic nitrogens is 2. The van der Waals surface area contributed by atoms with Crippen LogP contribution in [0.25, 0.3) is 0 Å². The van der Waals surface area contributed by atoms with Gasteiger partial charge < -0.3 is 14.5 Å². The third-order valence-electron chi connectivity index (χ3n) is 5.15. The highest BCUT2D eigenvalue weighted by Crippen LogP contribution is 2.25. The number of carbonyl (C=O) groups is 1. The zero-order chi connectivity index (χ0) is 17.8. The molecule has 1 aromatic carbocycles. The van der Waals surface area contributed by atoms with E-state index in [1.165, 1.54) is 25.9 Å². The van der Waals surface area contributed by atoms with E-state index in [1.807, 2.05) is 23.1 Å². The van der Waals surface area contributed by atoms with Crippen LogP contribution in [0.1, 0.15) is 36.0 Å². The van der Waals surface area contributed by atoms with Crippen molar-refractivity contribution in [2.45, 2.75) is 31.7 Å². The van der Waals surface area contributed by atoms with E-state index in [2.05, 4.69) is 14.9 Å². The van der Waals surface area contributed by atoms with Crippen molar-refractivity contribution < 1.29 is 9.53 Å². The minimum absolute atomic E-state index is 0.0938. The number of hydrogen-bond acceptors (Lipinski definition) is 5. The van der Waals surface area contributed by atoms with Crippen LogP contribution in [-0.4, -0.2) is 57.9 Å². The van der Waals surface area contributed by atoms with E-state index in [0.29, 0.717) is 23.2 Å². The van der Waals surface area contributed by atoms with E-state index < -0.39 is 0 Å². The van der Waals surface area contributed by atoms with Crippen LogP contribution in [0, 0.1) is 0 Å². The Balaban J connectivity index is 1.46. The van der Waals surface area contributed by atoms with Crippen molar-refractivity contribution in [2.75, 3.05) is 26.2 Å². The topological polar surface area (TPSA) is 58.6 Å². The lowest BCUT2D eigenvalue weighted by molar-refractivity contribution is 0.0708. The third kappa shape index (κ3) is 3.85. The number of ether oxygens (including phenoxy) is 1. The molecule has 2 saturated heterocycles. The van der Waals surface area contributed by atoms with E-state index in [9.17, 15) is 4.79 Å². The molecule has 0 aliphatic carbocycles. The summed E-state index contributed by atoms with van der Waals surface area (Å²) in [5.41, 5.74) is 0.666. The van der Waals surface area contributed by atoms with Gasteiger partial charge in [0.2, 0.25) is 5.88 Å². The number of hydrogen-bond donors (Lipinski definition) is 0. The fourth-order valence-electron chi connectivity index (χ4n) is 3.87. The highest BCUT2D eigenvalue weighted by Gasteiger charge is 2.31. The van der Waals surface area contributed by atoms with E-state index in [4.69, 9.17) is 4.74 Å². The molecule has 0 N–H and O–H groups in total. The molecule has 4 rings (SSSR count). The summed E-state index contributed by atoms with van der Waals surface area (Å²) < 4.78 is 5.71. The molecule has 0 saturated carbocycles. The van der Waals surface area contributed by atoms with Gasteiger partial charge in [-0.1, -0.05) is 6.07 Å². The van der Waals surface area contributed by atoms with Crippen molar-refractivity contribution in [3.63, 3.8) is 0 Å². The Hall–Kier alpha value is -2.47. The fraction of sp³-hybridized carbons (Fsp3) is 0.450. The van der Waals surface area contributed by atoms with Crippen LogP contribution in [0.3, 0.4) is 0 Å². The maximum absolute atomic E-state index is 13.1. The van der Waals surface area contributed by atoms with Crippen LogP contribution in [0.2, 0.25) is 0 Å². The van der Waals surface area contributed by atoms with Gasteiger partial charge in [-0.25, -0.2) is 4.98 Å².